The van der Waals surface area contributed by atoms with Gasteiger partial charge in [0, 0.05) is 12.1 Å². The first-order valence-electron chi connectivity index (χ1n) is 7.05. The summed E-state index contributed by atoms with van der Waals surface area (Å²) in [6, 6.07) is 14.6. The van der Waals surface area contributed by atoms with E-state index in [-0.39, 0.29) is 11.7 Å². The highest BCUT2D eigenvalue weighted by Gasteiger charge is 2.22. The van der Waals surface area contributed by atoms with Crippen LogP contribution in [0.25, 0.3) is 0 Å². The van der Waals surface area contributed by atoms with E-state index in [9.17, 15) is 9.18 Å². The number of amides is 1. The Morgan fingerprint density at radius 2 is 1.87 bits per heavy atom. The maximum atomic E-state index is 13.0. The summed E-state index contributed by atoms with van der Waals surface area (Å²) in [5.41, 5.74) is 1.50. The number of hydrogen-bond acceptors (Lipinski definition) is 4. The van der Waals surface area contributed by atoms with E-state index in [2.05, 4.69) is 20.8 Å². The molecule has 1 unspecified atom stereocenters. The first kappa shape index (κ1) is 14.8. The minimum Gasteiger partial charge on any atom is -0.324 e. The molecule has 1 amide bonds. The third-order valence-corrected chi connectivity index (χ3v) is 3.37. The highest BCUT2D eigenvalue weighted by atomic mass is 19.1. The largest absolute Gasteiger partial charge is 0.324 e. The number of anilines is 1. The van der Waals surface area contributed by atoms with Crippen molar-refractivity contribution in [2.24, 2.45) is 0 Å². The average Bonchev–Trinajstić information content (AvgIpc) is 3.10. The Morgan fingerprint density at radius 1 is 1.13 bits per heavy atom. The fraction of sp³-hybridized carbons (Fsp3) is 0.125. The zero-order valence-electron chi connectivity index (χ0n) is 12.1. The van der Waals surface area contributed by atoms with Gasteiger partial charge in [-0.15, -0.1) is 5.10 Å². The van der Waals surface area contributed by atoms with Gasteiger partial charge in [0.05, 0.1) is 0 Å². The zero-order chi connectivity index (χ0) is 16.1. The molecule has 3 aromatic rings. The summed E-state index contributed by atoms with van der Waals surface area (Å²) >= 11 is 0. The van der Waals surface area contributed by atoms with Crippen molar-refractivity contribution < 1.29 is 9.18 Å². The Labute approximate surface area is 132 Å². The van der Waals surface area contributed by atoms with Crippen LogP contribution in [0, 0.1) is 5.82 Å². The lowest BCUT2D eigenvalue weighted by molar-refractivity contribution is -0.119. The van der Waals surface area contributed by atoms with E-state index in [1.54, 1.807) is 0 Å². The number of hydrogen-bond donors (Lipinski definition) is 1. The molecular formula is C16H14FN5O. The van der Waals surface area contributed by atoms with Gasteiger partial charge in [-0.1, -0.05) is 30.3 Å². The number of tetrazole rings is 1. The lowest BCUT2D eigenvalue weighted by Gasteiger charge is -2.16. The molecule has 7 heteroatoms. The third kappa shape index (κ3) is 3.76. The van der Waals surface area contributed by atoms with Gasteiger partial charge in [0.25, 0.3) is 0 Å². The molecule has 0 aliphatic heterocycles. The second-order valence-electron chi connectivity index (χ2n) is 4.99. The molecule has 116 valence electrons. The second-order valence-corrected chi connectivity index (χ2v) is 4.99. The number of benzene rings is 2. The van der Waals surface area contributed by atoms with Crippen molar-refractivity contribution >= 4 is 11.6 Å². The molecular weight excluding hydrogens is 297 g/mol. The zero-order valence-corrected chi connectivity index (χ0v) is 12.1. The van der Waals surface area contributed by atoms with E-state index in [1.165, 1.54) is 35.3 Å². The lowest BCUT2D eigenvalue weighted by Crippen LogP contribution is -2.28. The van der Waals surface area contributed by atoms with E-state index in [1.807, 2.05) is 30.3 Å². The van der Waals surface area contributed by atoms with Crippen molar-refractivity contribution in [2.75, 3.05) is 5.32 Å². The van der Waals surface area contributed by atoms with Crippen LogP contribution in [0.2, 0.25) is 0 Å². The Kier molecular flexibility index (Phi) is 4.37. The van der Waals surface area contributed by atoms with E-state index in [0.29, 0.717) is 12.1 Å². The number of aromatic nitrogens is 4. The summed E-state index contributed by atoms with van der Waals surface area (Å²) in [6.07, 6.45) is 1.84. The van der Waals surface area contributed by atoms with Gasteiger partial charge in [-0.2, -0.15) is 0 Å². The summed E-state index contributed by atoms with van der Waals surface area (Å²) in [5.74, 6) is -0.628. The Hall–Kier alpha value is -3.09. The Morgan fingerprint density at radius 3 is 2.52 bits per heavy atom. The molecule has 0 radical (unpaired) electrons. The molecule has 0 bridgehead atoms. The van der Waals surface area contributed by atoms with Gasteiger partial charge in [-0.05, 0) is 40.3 Å². The molecule has 1 N–H and O–H groups in total. The van der Waals surface area contributed by atoms with E-state index < -0.39 is 6.04 Å². The minimum atomic E-state index is -0.600. The topological polar surface area (TPSA) is 72.7 Å². The molecule has 0 saturated carbocycles. The van der Waals surface area contributed by atoms with Gasteiger partial charge < -0.3 is 5.32 Å². The second kappa shape index (κ2) is 6.78. The van der Waals surface area contributed by atoms with Crippen LogP contribution in [-0.2, 0) is 11.2 Å². The van der Waals surface area contributed by atoms with E-state index in [0.717, 1.165) is 5.56 Å². The number of nitrogens with one attached hydrogen (secondary N) is 1. The maximum Gasteiger partial charge on any atom is 0.249 e. The summed E-state index contributed by atoms with van der Waals surface area (Å²) in [7, 11) is 0. The summed E-state index contributed by atoms with van der Waals surface area (Å²) < 4.78 is 14.4. The summed E-state index contributed by atoms with van der Waals surface area (Å²) in [6.45, 7) is 0. The summed E-state index contributed by atoms with van der Waals surface area (Å²) in [5, 5.41) is 13.8. The molecule has 0 saturated heterocycles. The van der Waals surface area contributed by atoms with Crippen LogP contribution in [0.3, 0.4) is 0 Å². The average molecular weight is 311 g/mol. The predicted octanol–water partition coefficient (Wildman–Crippen LogP) is 2.23. The van der Waals surface area contributed by atoms with Crippen molar-refractivity contribution in [1.82, 2.24) is 20.2 Å². The molecule has 3 rings (SSSR count). The van der Waals surface area contributed by atoms with Crippen molar-refractivity contribution in [3.63, 3.8) is 0 Å². The highest BCUT2D eigenvalue weighted by molar-refractivity contribution is 5.93. The van der Waals surface area contributed by atoms with E-state index >= 15 is 0 Å². The van der Waals surface area contributed by atoms with Gasteiger partial charge in [0.1, 0.15) is 18.2 Å². The maximum absolute atomic E-state index is 13.0. The smallest absolute Gasteiger partial charge is 0.249 e. The highest BCUT2D eigenvalue weighted by Crippen LogP contribution is 2.16. The Bertz CT molecular complexity index is 759. The molecule has 2 aromatic carbocycles. The van der Waals surface area contributed by atoms with Crippen LogP contribution in [0.1, 0.15) is 11.6 Å². The van der Waals surface area contributed by atoms with Crippen molar-refractivity contribution in [3.8, 4) is 0 Å². The number of nitrogens with zero attached hydrogens (tertiary/aromatic N) is 4. The molecule has 0 aliphatic carbocycles. The molecule has 1 atom stereocenters. The van der Waals surface area contributed by atoms with Gasteiger partial charge in [0.15, 0.2) is 0 Å². The molecule has 1 aromatic heterocycles. The molecule has 0 spiro atoms. The van der Waals surface area contributed by atoms with Crippen molar-refractivity contribution in [2.45, 2.75) is 12.5 Å². The van der Waals surface area contributed by atoms with Crippen LogP contribution in [0.5, 0.6) is 0 Å². The van der Waals surface area contributed by atoms with Gasteiger partial charge in [0.2, 0.25) is 5.91 Å². The first-order valence-corrected chi connectivity index (χ1v) is 7.05. The van der Waals surface area contributed by atoms with Crippen LogP contribution < -0.4 is 5.32 Å². The Balaban J connectivity index is 1.80. The fourth-order valence-electron chi connectivity index (χ4n) is 2.21. The summed E-state index contributed by atoms with van der Waals surface area (Å²) in [4.78, 5) is 12.6. The first-order chi connectivity index (χ1) is 11.2. The predicted molar refractivity (Wildman–Crippen MR) is 82.0 cm³/mol. The number of rotatable bonds is 5. The van der Waals surface area contributed by atoms with Gasteiger partial charge in [-0.3, -0.25) is 4.79 Å². The van der Waals surface area contributed by atoms with Crippen LogP contribution in [0.15, 0.2) is 60.9 Å². The number of carbonyl (C=O) groups is 1. The van der Waals surface area contributed by atoms with Crippen molar-refractivity contribution in [3.05, 3.63) is 72.3 Å². The van der Waals surface area contributed by atoms with Gasteiger partial charge in [-0.25, -0.2) is 9.07 Å². The molecule has 0 aliphatic rings. The quantitative estimate of drug-likeness (QED) is 0.784. The number of halogens is 1. The SMILES string of the molecule is O=C(Nc1ccc(F)cc1)C(Cc1ccccc1)n1cnnn1. The van der Waals surface area contributed by atoms with Crippen LogP contribution in [0.4, 0.5) is 10.1 Å². The molecule has 6 nitrogen and oxygen atoms in total. The fourth-order valence-corrected chi connectivity index (χ4v) is 2.21. The van der Waals surface area contributed by atoms with Crippen LogP contribution >= 0.6 is 0 Å². The third-order valence-electron chi connectivity index (χ3n) is 3.37. The van der Waals surface area contributed by atoms with Crippen molar-refractivity contribution in [1.29, 1.82) is 0 Å². The molecule has 0 fully saturated rings. The van der Waals surface area contributed by atoms with E-state index in [4.69, 9.17) is 0 Å². The number of carbonyl (C=O) groups excluding carboxylic acids is 1. The normalized spacial score (nSPS) is 11.9. The minimum absolute atomic E-state index is 0.271. The standard InChI is InChI=1S/C16H14FN5O/c17-13-6-8-14(9-7-13)19-16(23)15(22-11-18-20-21-22)10-12-4-2-1-3-5-12/h1-9,11,15H,10H2,(H,19,23). The monoisotopic (exact) mass is 311 g/mol. The van der Waals surface area contributed by atoms with Crippen LogP contribution in [-0.4, -0.2) is 26.1 Å². The molecule has 1 heterocycles. The lowest BCUT2D eigenvalue weighted by atomic mass is 10.1. The van der Waals surface area contributed by atoms with Gasteiger partial charge >= 0.3 is 0 Å². The molecule has 23 heavy (non-hydrogen) atoms.